The van der Waals surface area contributed by atoms with Gasteiger partial charge in [-0.05, 0) is 25.7 Å². The molecule has 0 amide bonds. The van der Waals surface area contributed by atoms with Crippen LogP contribution in [0.1, 0.15) is 68.3 Å². The molecule has 2 aliphatic rings. The van der Waals surface area contributed by atoms with Crippen molar-refractivity contribution in [2.45, 2.75) is 77.0 Å². The second-order valence-corrected chi connectivity index (χ2v) is 7.80. The molecule has 5 heteroatoms. The van der Waals surface area contributed by atoms with E-state index in [0.29, 0.717) is 18.1 Å². The van der Waals surface area contributed by atoms with Crippen molar-refractivity contribution in [1.82, 2.24) is 15.1 Å². The lowest BCUT2D eigenvalue weighted by atomic mass is 10.1. The third-order valence-electron chi connectivity index (χ3n) is 4.56. The van der Waals surface area contributed by atoms with Crippen molar-refractivity contribution >= 4 is 11.3 Å². The van der Waals surface area contributed by atoms with Crippen LogP contribution >= 0.6 is 11.3 Å². The molecule has 2 fully saturated rings. The van der Waals surface area contributed by atoms with Crippen molar-refractivity contribution in [1.29, 1.82) is 0 Å². The number of ether oxygens (including phenoxy) is 1. The largest absolute Gasteiger partial charge is 0.375 e. The Morgan fingerprint density at radius 1 is 1.10 bits per heavy atom. The fraction of sp³-hybridized carbons (Fsp3) is 0.875. The molecule has 0 bridgehead atoms. The van der Waals surface area contributed by atoms with Crippen LogP contribution in [0, 0.1) is 0 Å². The van der Waals surface area contributed by atoms with Crippen molar-refractivity contribution in [3.8, 4) is 0 Å². The maximum atomic E-state index is 6.23. The summed E-state index contributed by atoms with van der Waals surface area (Å²) in [6.07, 6.45) is 8.67. The van der Waals surface area contributed by atoms with E-state index in [1.54, 1.807) is 11.3 Å². The molecule has 1 aromatic heterocycles. The molecular formula is C16H27N3OS. The zero-order valence-corrected chi connectivity index (χ0v) is 14.1. The van der Waals surface area contributed by atoms with Gasteiger partial charge in [0.15, 0.2) is 0 Å². The maximum absolute atomic E-state index is 6.23. The molecule has 21 heavy (non-hydrogen) atoms. The standard InChI is InChI=1S/C16H27N3OS/c1-12(2)16-18-17-15(21-16)11-19-9-7-14(8-10-19)20-13-5-3-4-6-13/h12-14H,3-11H2,1-2H3. The first kappa shape index (κ1) is 15.4. The van der Waals surface area contributed by atoms with E-state index in [0.717, 1.165) is 29.6 Å². The molecule has 0 N–H and O–H groups in total. The zero-order valence-electron chi connectivity index (χ0n) is 13.3. The van der Waals surface area contributed by atoms with Crippen LogP contribution in [-0.2, 0) is 11.3 Å². The van der Waals surface area contributed by atoms with Crippen LogP contribution in [0.2, 0.25) is 0 Å². The highest BCUT2D eigenvalue weighted by Gasteiger charge is 2.25. The summed E-state index contributed by atoms with van der Waals surface area (Å²) < 4.78 is 6.23. The lowest BCUT2D eigenvalue weighted by molar-refractivity contribution is -0.0400. The van der Waals surface area contributed by atoms with Crippen molar-refractivity contribution < 1.29 is 4.74 Å². The molecule has 0 radical (unpaired) electrons. The first-order valence-corrected chi connectivity index (χ1v) is 9.22. The quantitative estimate of drug-likeness (QED) is 0.833. The monoisotopic (exact) mass is 309 g/mol. The highest BCUT2D eigenvalue weighted by atomic mass is 32.1. The summed E-state index contributed by atoms with van der Waals surface area (Å²) >= 11 is 1.77. The summed E-state index contributed by atoms with van der Waals surface area (Å²) in [5, 5.41) is 10.9. The minimum absolute atomic E-state index is 0.488. The van der Waals surface area contributed by atoms with E-state index in [4.69, 9.17) is 4.74 Å². The molecule has 3 rings (SSSR count). The van der Waals surface area contributed by atoms with E-state index < -0.39 is 0 Å². The summed E-state index contributed by atoms with van der Waals surface area (Å²) in [6.45, 7) is 7.58. The summed E-state index contributed by atoms with van der Waals surface area (Å²) in [6, 6.07) is 0. The number of aromatic nitrogens is 2. The number of piperidine rings is 1. The molecule has 1 aromatic rings. The number of rotatable bonds is 5. The number of hydrogen-bond donors (Lipinski definition) is 0. The minimum atomic E-state index is 0.488. The van der Waals surface area contributed by atoms with Crippen LogP contribution in [0.15, 0.2) is 0 Å². The van der Waals surface area contributed by atoms with E-state index in [2.05, 4.69) is 28.9 Å². The first-order chi connectivity index (χ1) is 10.2. The maximum Gasteiger partial charge on any atom is 0.131 e. The molecule has 1 aliphatic heterocycles. The fourth-order valence-electron chi connectivity index (χ4n) is 3.26. The first-order valence-electron chi connectivity index (χ1n) is 8.41. The smallest absolute Gasteiger partial charge is 0.131 e. The second-order valence-electron chi connectivity index (χ2n) is 6.71. The summed E-state index contributed by atoms with van der Waals surface area (Å²) in [4.78, 5) is 2.50. The van der Waals surface area contributed by atoms with Gasteiger partial charge in [-0.15, -0.1) is 10.2 Å². The van der Waals surface area contributed by atoms with Gasteiger partial charge < -0.3 is 4.74 Å². The minimum Gasteiger partial charge on any atom is -0.375 e. The van der Waals surface area contributed by atoms with Gasteiger partial charge in [0.25, 0.3) is 0 Å². The SMILES string of the molecule is CC(C)c1nnc(CN2CCC(OC3CCCC3)CC2)s1. The van der Waals surface area contributed by atoms with Gasteiger partial charge in [-0.25, -0.2) is 0 Å². The Kier molecular flexibility index (Phi) is 5.24. The van der Waals surface area contributed by atoms with Crippen LogP contribution in [0.5, 0.6) is 0 Å². The molecule has 0 unspecified atom stereocenters. The Balaban J connectivity index is 1.42. The summed E-state index contributed by atoms with van der Waals surface area (Å²) in [5.41, 5.74) is 0. The van der Waals surface area contributed by atoms with Gasteiger partial charge in [0, 0.05) is 19.0 Å². The molecule has 0 aromatic carbocycles. The van der Waals surface area contributed by atoms with Gasteiger partial charge in [-0.1, -0.05) is 38.0 Å². The van der Waals surface area contributed by atoms with Crippen LogP contribution in [0.3, 0.4) is 0 Å². The average Bonchev–Trinajstić information content (AvgIpc) is 3.12. The van der Waals surface area contributed by atoms with E-state index in [1.807, 2.05) is 0 Å². The van der Waals surface area contributed by atoms with Crippen LogP contribution in [-0.4, -0.2) is 40.4 Å². The number of likely N-dealkylation sites (tertiary alicyclic amines) is 1. The Bertz CT molecular complexity index is 434. The zero-order chi connectivity index (χ0) is 14.7. The molecular weight excluding hydrogens is 282 g/mol. The molecule has 0 spiro atoms. The molecule has 1 saturated carbocycles. The third kappa shape index (κ3) is 4.24. The van der Waals surface area contributed by atoms with Gasteiger partial charge in [-0.3, -0.25) is 4.90 Å². The fourth-order valence-corrected chi connectivity index (χ4v) is 4.14. The van der Waals surface area contributed by atoms with E-state index >= 15 is 0 Å². The van der Waals surface area contributed by atoms with Gasteiger partial charge >= 0.3 is 0 Å². The Morgan fingerprint density at radius 2 is 1.76 bits per heavy atom. The van der Waals surface area contributed by atoms with Gasteiger partial charge in [0.05, 0.1) is 18.8 Å². The number of hydrogen-bond acceptors (Lipinski definition) is 5. The summed E-state index contributed by atoms with van der Waals surface area (Å²) in [5.74, 6) is 0.488. The lowest BCUT2D eigenvalue weighted by Gasteiger charge is -2.32. The Morgan fingerprint density at radius 3 is 2.38 bits per heavy atom. The molecule has 118 valence electrons. The summed E-state index contributed by atoms with van der Waals surface area (Å²) in [7, 11) is 0. The van der Waals surface area contributed by atoms with E-state index in [1.165, 1.54) is 38.5 Å². The molecule has 4 nitrogen and oxygen atoms in total. The lowest BCUT2D eigenvalue weighted by Crippen LogP contribution is -2.37. The highest BCUT2D eigenvalue weighted by Crippen LogP contribution is 2.26. The van der Waals surface area contributed by atoms with Crippen molar-refractivity contribution in [2.24, 2.45) is 0 Å². The predicted molar refractivity (Wildman–Crippen MR) is 85.6 cm³/mol. The van der Waals surface area contributed by atoms with Crippen molar-refractivity contribution in [3.63, 3.8) is 0 Å². The average molecular weight is 309 g/mol. The van der Waals surface area contributed by atoms with Crippen LogP contribution in [0.25, 0.3) is 0 Å². The second kappa shape index (κ2) is 7.16. The third-order valence-corrected chi connectivity index (χ3v) is 5.77. The normalized spacial score (nSPS) is 22.4. The van der Waals surface area contributed by atoms with Crippen molar-refractivity contribution in [2.75, 3.05) is 13.1 Å². The van der Waals surface area contributed by atoms with E-state index in [9.17, 15) is 0 Å². The van der Waals surface area contributed by atoms with Gasteiger partial charge in [-0.2, -0.15) is 0 Å². The Labute approximate surface area is 131 Å². The van der Waals surface area contributed by atoms with Crippen LogP contribution in [0.4, 0.5) is 0 Å². The van der Waals surface area contributed by atoms with Crippen LogP contribution < -0.4 is 0 Å². The highest BCUT2D eigenvalue weighted by molar-refractivity contribution is 7.11. The predicted octanol–water partition coefficient (Wildman–Crippen LogP) is 3.59. The van der Waals surface area contributed by atoms with E-state index in [-0.39, 0.29) is 0 Å². The van der Waals surface area contributed by atoms with Gasteiger partial charge in [0.2, 0.25) is 0 Å². The Hall–Kier alpha value is -0.520. The molecule has 0 atom stereocenters. The number of nitrogens with zero attached hydrogens (tertiary/aromatic N) is 3. The molecule has 1 saturated heterocycles. The molecule has 1 aliphatic carbocycles. The van der Waals surface area contributed by atoms with Crippen molar-refractivity contribution in [3.05, 3.63) is 10.0 Å². The van der Waals surface area contributed by atoms with Gasteiger partial charge in [0.1, 0.15) is 10.0 Å². The molecule has 2 heterocycles. The topological polar surface area (TPSA) is 38.2 Å².